The Morgan fingerprint density at radius 3 is 2.79 bits per heavy atom. The number of nitrogens with zero attached hydrogens (tertiary/aromatic N) is 3. The monoisotopic (exact) mass is 392 g/mol. The molecule has 0 saturated carbocycles. The number of nitrogens with one attached hydrogen (secondary N) is 1. The molecule has 0 aliphatic heterocycles. The van der Waals surface area contributed by atoms with Crippen molar-refractivity contribution >= 4 is 43.4 Å². The van der Waals surface area contributed by atoms with E-state index in [0.717, 1.165) is 27.9 Å². The lowest BCUT2D eigenvalue weighted by atomic mass is 10.1. The molecular weight excluding hydrogens is 372 g/mol. The molecule has 0 saturated heterocycles. The zero-order valence-corrected chi connectivity index (χ0v) is 16.5. The number of aromatic nitrogens is 3. The molecule has 1 atom stereocenters. The van der Waals surface area contributed by atoms with E-state index >= 15 is 0 Å². The number of anilines is 1. The Hall–Kier alpha value is -3.06. The normalized spacial score (nSPS) is 12.4. The van der Waals surface area contributed by atoms with Gasteiger partial charge in [-0.15, -0.1) is 11.3 Å². The molecule has 3 aromatic heterocycles. The SMILES string of the molecule is CCc1ccccc1NC(=O)C(CC)n1cnc2c(sc3ncccc32)c1=O. The third-order valence-electron chi connectivity index (χ3n) is 4.86. The fraction of sp³-hybridized carbons (Fsp3) is 0.238. The van der Waals surface area contributed by atoms with Crippen LogP contribution in [0.15, 0.2) is 53.7 Å². The van der Waals surface area contributed by atoms with E-state index in [1.165, 1.54) is 22.2 Å². The maximum Gasteiger partial charge on any atom is 0.272 e. The van der Waals surface area contributed by atoms with Gasteiger partial charge in [-0.25, -0.2) is 9.97 Å². The van der Waals surface area contributed by atoms with Crippen molar-refractivity contribution in [3.8, 4) is 0 Å². The molecule has 1 aromatic carbocycles. The Balaban J connectivity index is 1.74. The minimum Gasteiger partial charge on any atom is -0.324 e. The third-order valence-corrected chi connectivity index (χ3v) is 5.95. The Labute approximate surface area is 165 Å². The number of hydrogen-bond donors (Lipinski definition) is 1. The van der Waals surface area contributed by atoms with Crippen LogP contribution < -0.4 is 10.9 Å². The summed E-state index contributed by atoms with van der Waals surface area (Å²) in [5.74, 6) is -0.217. The van der Waals surface area contributed by atoms with E-state index in [1.54, 1.807) is 6.20 Å². The number of fused-ring (bicyclic) bond motifs is 3. The third kappa shape index (κ3) is 3.07. The lowest BCUT2D eigenvalue weighted by Gasteiger charge is -2.18. The van der Waals surface area contributed by atoms with Gasteiger partial charge >= 0.3 is 0 Å². The molecule has 142 valence electrons. The summed E-state index contributed by atoms with van der Waals surface area (Å²) in [6, 6.07) is 10.8. The van der Waals surface area contributed by atoms with Crippen molar-refractivity contribution in [2.45, 2.75) is 32.7 Å². The summed E-state index contributed by atoms with van der Waals surface area (Å²) in [6.45, 7) is 3.93. The van der Waals surface area contributed by atoms with Gasteiger partial charge < -0.3 is 5.32 Å². The number of rotatable bonds is 5. The second-order valence-corrected chi connectivity index (χ2v) is 7.52. The fourth-order valence-electron chi connectivity index (χ4n) is 3.38. The van der Waals surface area contributed by atoms with Gasteiger partial charge in [-0.2, -0.15) is 0 Å². The number of thiophene rings is 1. The topological polar surface area (TPSA) is 76.9 Å². The van der Waals surface area contributed by atoms with Crippen molar-refractivity contribution in [3.05, 3.63) is 64.8 Å². The molecule has 0 aliphatic rings. The zero-order chi connectivity index (χ0) is 19.7. The fourth-order valence-corrected chi connectivity index (χ4v) is 4.41. The van der Waals surface area contributed by atoms with E-state index < -0.39 is 6.04 Å². The van der Waals surface area contributed by atoms with Crippen LogP contribution in [0.25, 0.3) is 20.4 Å². The average molecular weight is 392 g/mol. The number of pyridine rings is 1. The first-order chi connectivity index (χ1) is 13.6. The molecule has 1 unspecified atom stereocenters. The molecule has 4 rings (SSSR count). The van der Waals surface area contributed by atoms with Crippen molar-refractivity contribution < 1.29 is 4.79 Å². The van der Waals surface area contributed by atoms with Gasteiger partial charge in [0.2, 0.25) is 5.91 Å². The van der Waals surface area contributed by atoms with Crippen molar-refractivity contribution in [1.29, 1.82) is 0 Å². The highest BCUT2D eigenvalue weighted by atomic mass is 32.1. The summed E-state index contributed by atoms with van der Waals surface area (Å²) in [5, 5.41) is 3.84. The lowest BCUT2D eigenvalue weighted by Crippen LogP contribution is -2.33. The summed E-state index contributed by atoms with van der Waals surface area (Å²) in [5.41, 5.74) is 2.27. The molecule has 28 heavy (non-hydrogen) atoms. The van der Waals surface area contributed by atoms with Crippen LogP contribution in [0.2, 0.25) is 0 Å². The maximum absolute atomic E-state index is 13.1. The van der Waals surface area contributed by atoms with E-state index in [2.05, 4.69) is 15.3 Å². The molecule has 0 aliphatic carbocycles. The van der Waals surface area contributed by atoms with Gasteiger partial charge in [0.05, 0.1) is 11.8 Å². The van der Waals surface area contributed by atoms with Crippen LogP contribution in [0.1, 0.15) is 31.9 Å². The van der Waals surface area contributed by atoms with Crippen molar-refractivity contribution in [1.82, 2.24) is 14.5 Å². The average Bonchev–Trinajstić information content (AvgIpc) is 3.10. The van der Waals surface area contributed by atoms with Gasteiger partial charge in [0.25, 0.3) is 5.56 Å². The maximum atomic E-state index is 13.1. The molecule has 0 radical (unpaired) electrons. The summed E-state index contributed by atoms with van der Waals surface area (Å²) in [7, 11) is 0. The van der Waals surface area contributed by atoms with Crippen molar-refractivity contribution in [2.75, 3.05) is 5.32 Å². The molecule has 0 bridgehead atoms. The van der Waals surface area contributed by atoms with E-state index in [9.17, 15) is 9.59 Å². The van der Waals surface area contributed by atoms with Crippen molar-refractivity contribution in [3.63, 3.8) is 0 Å². The molecule has 1 amide bonds. The van der Waals surface area contributed by atoms with E-state index in [4.69, 9.17) is 0 Å². The number of carbonyl (C=O) groups is 1. The van der Waals surface area contributed by atoms with Crippen molar-refractivity contribution in [2.24, 2.45) is 0 Å². The molecular formula is C21H20N4O2S. The van der Waals surface area contributed by atoms with E-state index in [1.807, 2.05) is 50.2 Å². The number of hydrogen-bond acceptors (Lipinski definition) is 5. The number of amides is 1. The largest absolute Gasteiger partial charge is 0.324 e. The van der Waals surface area contributed by atoms with E-state index in [0.29, 0.717) is 16.6 Å². The highest BCUT2D eigenvalue weighted by Crippen LogP contribution is 2.28. The van der Waals surface area contributed by atoms with Gasteiger partial charge in [0, 0.05) is 17.3 Å². The van der Waals surface area contributed by atoms with Gasteiger partial charge in [-0.05, 0) is 36.6 Å². The molecule has 7 heteroatoms. The summed E-state index contributed by atoms with van der Waals surface area (Å²) >= 11 is 1.31. The molecule has 0 spiro atoms. The Bertz CT molecular complexity index is 1230. The Kier molecular flexibility index (Phi) is 4.92. The van der Waals surface area contributed by atoms with Gasteiger partial charge in [0.15, 0.2) is 0 Å². The van der Waals surface area contributed by atoms with Gasteiger partial charge in [-0.3, -0.25) is 14.2 Å². The number of para-hydroxylation sites is 1. The van der Waals surface area contributed by atoms with Crippen LogP contribution in [0, 0.1) is 0 Å². The summed E-state index contributed by atoms with van der Waals surface area (Å²) in [4.78, 5) is 35.6. The Morgan fingerprint density at radius 2 is 2.00 bits per heavy atom. The second-order valence-electron chi connectivity index (χ2n) is 6.52. The molecule has 3 heterocycles. The van der Waals surface area contributed by atoms with Gasteiger partial charge in [-0.1, -0.05) is 32.0 Å². The smallest absolute Gasteiger partial charge is 0.272 e. The van der Waals surface area contributed by atoms with E-state index in [-0.39, 0.29) is 11.5 Å². The molecule has 1 N–H and O–H groups in total. The summed E-state index contributed by atoms with van der Waals surface area (Å²) < 4.78 is 1.96. The second kappa shape index (κ2) is 7.52. The predicted molar refractivity (Wildman–Crippen MR) is 113 cm³/mol. The van der Waals surface area contributed by atoms with Crippen LogP contribution in [0.5, 0.6) is 0 Å². The highest BCUT2D eigenvalue weighted by Gasteiger charge is 2.23. The van der Waals surface area contributed by atoms with Crippen LogP contribution in [0.4, 0.5) is 5.69 Å². The lowest BCUT2D eigenvalue weighted by molar-refractivity contribution is -0.119. The van der Waals surface area contributed by atoms with Crippen LogP contribution >= 0.6 is 11.3 Å². The number of carbonyl (C=O) groups excluding carboxylic acids is 1. The van der Waals surface area contributed by atoms with Gasteiger partial charge in [0.1, 0.15) is 15.6 Å². The number of benzene rings is 1. The highest BCUT2D eigenvalue weighted by molar-refractivity contribution is 7.25. The Morgan fingerprint density at radius 1 is 1.18 bits per heavy atom. The standard InChI is InChI=1S/C21H20N4O2S/c1-3-13-8-5-6-10-15(13)24-19(26)16(4-2)25-12-23-17-14-9-7-11-22-20(14)28-18(17)21(25)27/h5-12,16H,3-4H2,1-2H3,(H,24,26). The minimum absolute atomic E-state index is 0.209. The van der Waals surface area contributed by atoms with Crippen LogP contribution in [-0.2, 0) is 11.2 Å². The first-order valence-electron chi connectivity index (χ1n) is 9.27. The van der Waals surface area contributed by atoms with Crippen LogP contribution in [0.3, 0.4) is 0 Å². The molecule has 6 nitrogen and oxygen atoms in total. The quantitative estimate of drug-likeness (QED) is 0.553. The first-order valence-corrected chi connectivity index (χ1v) is 10.1. The number of aryl methyl sites for hydroxylation is 1. The predicted octanol–water partition coefficient (Wildman–Crippen LogP) is 4.16. The van der Waals surface area contributed by atoms with Crippen LogP contribution in [-0.4, -0.2) is 20.4 Å². The minimum atomic E-state index is -0.632. The zero-order valence-electron chi connectivity index (χ0n) is 15.7. The molecule has 4 aromatic rings. The molecule has 0 fully saturated rings. The first kappa shape index (κ1) is 18.3. The summed E-state index contributed by atoms with van der Waals surface area (Å²) in [6.07, 6.45) is 4.47.